The van der Waals surface area contributed by atoms with Gasteiger partial charge >= 0.3 is 5.97 Å². The summed E-state index contributed by atoms with van der Waals surface area (Å²) >= 11 is 0. The molecule has 0 aromatic heterocycles. The van der Waals surface area contributed by atoms with Crippen molar-refractivity contribution < 1.29 is 14.8 Å². The van der Waals surface area contributed by atoms with Crippen LogP contribution in [0.2, 0.25) is 0 Å². The highest BCUT2D eigenvalue weighted by molar-refractivity contribution is 5.86. The van der Waals surface area contributed by atoms with E-state index in [2.05, 4.69) is 10.2 Å². The van der Waals surface area contributed by atoms with Crippen molar-refractivity contribution in [3.63, 3.8) is 0 Å². The summed E-state index contributed by atoms with van der Waals surface area (Å²) in [6.07, 6.45) is 2.16. The summed E-state index contributed by atoms with van der Waals surface area (Å²) < 4.78 is 0. The zero-order valence-electron chi connectivity index (χ0n) is 10.8. The van der Waals surface area contributed by atoms with Crippen molar-refractivity contribution in [3.8, 4) is 0 Å². The van der Waals surface area contributed by atoms with Gasteiger partial charge in [-0.3, -0.25) is 10.1 Å². The largest absolute Gasteiger partial charge is 0.478 e. The monoisotopic (exact) mass is 277 g/mol. The number of benzene rings is 1. The molecule has 1 saturated heterocycles. The molecule has 0 amide bonds. The molecule has 0 unspecified atom stereocenters. The van der Waals surface area contributed by atoms with Gasteiger partial charge in [0.05, 0.1) is 10.5 Å². The summed E-state index contributed by atoms with van der Waals surface area (Å²) in [6.45, 7) is 3.36. The molecular weight excluding hydrogens is 262 g/mol. The average molecular weight is 277 g/mol. The minimum atomic E-state index is -1.13. The quantitative estimate of drug-likeness (QED) is 0.486. The molecule has 7 nitrogen and oxygen atoms in total. The van der Waals surface area contributed by atoms with Crippen LogP contribution >= 0.6 is 0 Å². The Hall–Kier alpha value is -2.41. The van der Waals surface area contributed by atoms with Crippen molar-refractivity contribution in [2.24, 2.45) is 0 Å². The maximum absolute atomic E-state index is 11.0. The lowest BCUT2D eigenvalue weighted by atomic mass is 10.1. The number of aliphatic carboxylic acids is 1. The number of carboxylic acids is 1. The number of nitrogens with one attached hydrogen (secondary N) is 1. The smallest absolute Gasteiger partial charge is 0.328 e. The summed E-state index contributed by atoms with van der Waals surface area (Å²) in [5.74, 6) is -1.13. The van der Waals surface area contributed by atoms with Crippen LogP contribution in [0.3, 0.4) is 0 Å². The Morgan fingerprint density at radius 1 is 1.40 bits per heavy atom. The second-order valence-electron chi connectivity index (χ2n) is 4.41. The van der Waals surface area contributed by atoms with Gasteiger partial charge in [-0.25, -0.2) is 4.79 Å². The van der Waals surface area contributed by atoms with E-state index in [9.17, 15) is 14.9 Å². The van der Waals surface area contributed by atoms with Crippen LogP contribution in [-0.4, -0.2) is 42.2 Å². The Kier molecular flexibility index (Phi) is 4.31. The van der Waals surface area contributed by atoms with Crippen LogP contribution < -0.4 is 10.2 Å². The lowest BCUT2D eigenvalue weighted by molar-refractivity contribution is -0.385. The zero-order valence-corrected chi connectivity index (χ0v) is 10.8. The Bertz CT molecular complexity index is 551. The Morgan fingerprint density at radius 2 is 2.10 bits per heavy atom. The van der Waals surface area contributed by atoms with Crippen LogP contribution in [0.15, 0.2) is 24.3 Å². The second kappa shape index (κ2) is 6.16. The number of hydrogen-bond donors (Lipinski definition) is 2. The van der Waals surface area contributed by atoms with Gasteiger partial charge in [-0.05, 0) is 18.2 Å². The van der Waals surface area contributed by atoms with Gasteiger partial charge in [0, 0.05) is 44.0 Å². The predicted molar refractivity (Wildman–Crippen MR) is 74.8 cm³/mol. The van der Waals surface area contributed by atoms with E-state index in [0.717, 1.165) is 37.9 Å². The summed E-state index contributed by atoms with van der Waals surface area (Å²) in [6, 6.07) is 4.77. The van der Waals surface area contributed by atoms with Crippen molar-refractivity contribution in [2.75, 3.05) is 31.1 Å². The number of nitrogens with zero attached hydrogens (tertiary/aromatic N) is 2. The maximum Gasteiger partial charge on any atom is 0.328 e. The van der Waals surface area contributed by atoms with E-state index in [1.807, 2.05) is 0 Å². The molecule has 1 aliphatic rings. The van der Waals surface area contributed by atoms with E-state index in [0.29, 0.717) is 5.56 Å². The zero-order chi connectivity index (χ0) is 14.5. The lowest BCUT2D eigenvalue weighted by Gasteiger charge is -2.29. The molecule has 106 valence electrons. The molecule has 1 aromatic carbocycles. The minimum Gasteiger partial charge on any atom is -0.478 e. The van der Waals surface area contributed by atoms with E-state index < -0.39 is 10.9 Å². The van der Waals surface area contributed by atoms with Gasteiger partial charge in [0.25, 0.3) is 5.69 Å². The Labute approximate surface area is 115 Å². The van der Waals surface area contributed by atoms with Gasteiger partial charge in [-0.2, -0.15) is 0 Å². The normalized spacial score (nSPS) is 15.5. The molecule has 0 aliphatic carbocycles. The van der Waals surface area contributed by atoms with Crippen molar-refractivity contribution >= 4 is 23.4 Å². The number of rotatable bonds is 4. The fraction of sp³-hybridized carbons (Fsp3) is 0.308. The molecule has 1 aliphatic heterocycles. The number of hydrogen-bond acceptors (Lipinski definition) is 5. The molecule has 2 N–H and O–H groups in total. The molecule has 0 bridgehead atoms. The summed E-state index contributed by atoms with van der Waals surface area (Å²) in [5.41, 5.74) is 1.07. The van der Waals surface area contributed by atoms with Crippen LogP contribution in [0.5, 0.6) is 0 Å². The van der Waals surface area contributed by atoms with Crippen LogP contribution in [0.1, 0.15) is 5.56 Å². The second-order valence-corrected chi connectivity index (χ2v) is 4.41. The number of nitro groups is 1. The third kappa shape index (κ3) is 3.33. The summed E-state index contributed by atoms with van der Waals surface area (Å²) in [4.78, 5) is 23.1. The van der Waals surface area contributed by atoms with Gasteiger partial charge in [0.2, 0.25) is 0 Å². The van der Waals surface area contributed by atoms with Gasteiger partial charge in [0.1, 0.15) is 0 Å². The van der Waals surface area contributed by atoms with Crippen molar-refractivity contribution in [3.05, 3.63) is 40.0 Å². The van der Waals surface area contributed by atoms with Crippen LogP contribution in [0, 0.1) is 10.1 Å². The fourth-order valence-electron chi connectivity index (χ4n) is 2.12. The van der Waals surface area contributed by atoms with Crippen LogP contribution in [0.25, 0.3) is 6.08 Å². The van der Waals surface area contributed by atoms with Crippen molar-refractivity contribution in [2.45, 2.75) is 0 Å². The molecule has 0 saturated carbocycles. The van der Waals surface area contributed by atoms with E-state index in [4.69, 9.17) is 5.11 Å². The first-order valence-electron chi connectivity index (χ1n) is 6.23. The molecule has 2 rings (SSSR count). The predicted octanol–water partition coefficient (Wildman–Crippen LogP) is 1.10. The summed E-state index contributed by atoms with van der Waals surface area (Å²) in [7, 11) is 0. The van der Waals surface area contributed by atoms with Crippen molar-refractivity contribution in [1.82, 2.24) is 5.32 Å². The molecule has 1 fully saturated rings. The van der Waals surface area contributed by atoms with Gasteiger partial charge in [-0.15, -0.1) is 0 Å². The maximum atomic E-state index is 11.0. The van der Waals surface area contributed by atoms with Crippen molar-refractivity contribution in [1.29, 1.82) is 0 Å². The topological polar surface area (TPSA) is 95.7 Å². The van der Waals surface area contributed by atoms with E-state index in [-0.39, 0.29) is 5.69 Å². The first kappa shape index (κ1) is 14.0. The van der Waals surface area contributed by atoms with Crippen LogP contribution in [-0.2, 0) is 4.79 Å². The van der Waals surface area contributed by atoms with E-state index in [1.165, 1.54) is 12.1 Å². The van der Waals surface area contributed by atoms with Gasteiger partial charge in [0.15, 0.2) is 0 Å². The Balaban J connectivity index is 2.34. The number of carboxylic acid groups (broad SMARTS) is 1. The Morgan fingerprint density at radius 3 is 2.70 bits per heavy atom. The number of nitro benzene ring substituents is 1. The molecule has 7 heteroatoms. The third-order valence-electron chi connectivity index (χ3n) is 3.10. The number of anilines is 1. The lowest BCUT2D eigenvalue weighted by Crippen LogP contribution is -2.43. The van der Waals surface area contributed by atoms with Crippen LogP contribution in [0.4, 0.5) is 11.4 Å². The third-order valence-corrected chi connectivity index (χ3v) is 3.10. The summed E-state index contributed by atoms with van der Waals surface area (Å²) in [5, 5.41) is 22.8. The first-order chi connectivity index (χ1) is 9.58. The van der Waals surface area contributed by atoms with E-state index in [1.54, 1.807) is 12.1 Å². The number of carbonyl (C=O) groups is 1. The highest BCUT2D eigenvalue weighted by Crippen LogP contribution is 2.26. The molecule has 20 heavy (non-hydrogen) atoms. The molecule has 0 atom stereocenters. The number of piperazine rings is 1. The minimum absolute atomic E-state index is 0.0959. The molecule has 1 aromatic rings. The average Bonchev–Trinajstić information content (AvgIpc) is 2.45. The van der Waals surface area contributed by atoms with Gasteiger partial charge < -0.3 is 15.3 Å². The molecule has 1 heterocycles. The highest BCUT2D eigenvalue weighted by Gasteiger charge is 2.16. The SMILES string of the molecule is O=C(O)C=Cc1cc(N2CCNCC2)ccc1[N+](=O)[O-]. The first-order valence-corrected chi connectivity index (χ1v) is 6.23. The fourth-order valence-corrected chi connectivity index (χ4v) is 2.12. The van der Waals surface area contributed by atoms with Gasteiger partial charge in [-0.1, -0.05) is 0 Å². The molecular formula is C13H15N3O4. The molecule has 0 spiro atoms. The standard InChI is InChI=1S/C13H15N3O4/c17-13(18)4-1-10-9-11(2-3-12(10)16(19)20)15-7-5-14-6-8-15/h1-4,9,14H,5-8H2,(H,17,18). The highest BCUT2D eigenvalue weighted by atomic mass is 16.6. The molecule has 0 radical (unpaired) electrons. The van der Waals surface area contributed by atoms with E-state index >= 15 is 0 Å².